The molecule has 1 fully saturated rings. The van der Waals surface area contributed by atoms with Crippen LogP contribution in [0, 0.1) is 5.92 Å². The van der Waals surface area contributed by atoms with Crippen LogP contribution in [-0.2, 0) is 9.59 Å². The van der Waals surface area contributed by atoms with Crippen LogP contribution in [0.4, 0.5) is 5.69 Å². The van der Waals surface area contributed by atoms with E-state index < -0.39 is 0 Å². The standard InChI is InChI=1S/C20H21ClN2O2/c1-14(15-6-3-2-4-7-15)12-22-20(25)16-10-19(24)23(13-16)18-9-5-8-17(21)11-18/h2-9,11,14,16H,10,12-13H2,1H3,(H,22,25)/t14-,16-/m0/s1. The summed E-state index contributed by atoms with van der Waals surface area (Å²) in [6.07, 6.45) is 0.234. The summed E-state index contributed by atoms with van der Waals surface area (Å²) < 4.78 is 0. The maximum Gasteiger partial charge on any atom is 0.227 e. The molecule has 1 heterocycles. The van der Waals surface area contributed by atoms with Crippen molar-refractivity contribution in [1.29, 1.82) is 0 Å². The maximum absolute atomic E-state index is 12.5. The summed E-state index contributed by atoms with van der Waals surface area (Å²) >= 11 is 6.00. The quantitative estimate of drug-likeness (QED) is 0.889. The summed E-state index contributed by atoms with van der Waals surface area (Å²) in [6, 6.07) is 17.2. The van der Waals surface area contributed by atoms with Crippen molar-refractivity contribution in [2.75, 3.05) is 18.0 Å². The van der Waals surface area contributed by atoms with E-state index in [1.54, 1.807) is 23.1 Å². The van der Waals surface area contributed by atoms with Crippen molar-refractivity contribution in [3.8, 4) is 0 Å². The van der Waals surface area contributed by atoms with Crippen LogP contribution in [0.5, 0.6) is 0 Å². The van der Waals surface area contributed by atoms with E-state index in [9.17, 15) is 9.59 Å². The summed E-state index contributed by atoms with van der Waals surface area (Å²) in [6.45, 7) is 3.03. The second-order valence-corrected chi connectivity index (χ2v) is 6.88. The minimum Gasteiger partial charge on any atom is -0.355 e. The van der Waals surface area contributed by atoms with E-state index in [1.807, 2.05) is 24.3 Å². The Morgan fingerprint density at radius 1 is 1.24 bits per heavy atom. The van der Waals surface area contributed by atoms with Crippen LogP contribution in [0.25, 0.3) is 0 Å². The zero-order valence-electron chi connectivity index (χ0n) is 14.1. The molecule has 3 rings (SSSR count). The zero-order valence-corrected chi connectivity index (χ0v) is 14.9. The molecule has 4 nitrogen and oxygen atoms in total. The molecule has 1 N–H and O–H groups in total. The number of nitrogens with one attached hydrogen (secondary N) is 1. The van der Waals surface area contributed by atoms with E-state index in [4.69, 9.17) is 11.6 Å². The predicted molar refractivity (Wildman–Crippen MR) is 99.8 cm³/mol. The highest BCUT2D eigenvalue weighted by molar-refractivity contribution is 6.30. The fourth-order valence-electron chi connectivity index (χ4n) is 3.07. The number of carbonyl (C=O) groups is 2. The average molecular weight is 357 g/mol. The SMILES string of the molecule is C[C@@H](CNC(=O)[C@H]1CC(=O)N(c2cccc(Cl)c2)C1)c1ccccc1. The van der Waals surface area contributed by atoms with Gasteiger partial charge in [0.05, 0.1) is 5.92 Å². The van der Waals surface area contributed by atoms with Crippen LogP contribution >= 0.6 is 11.6 Å². The van der Waals surface area contributed by atoms with Crippen LogP contribution in [-0.4, -0.2) is 24.9 Å². The Hall–Kier alpha value is -2.33. The molecule has 1 aliphatic heterocycles. The molecular formula is C20H21ClN2O2. The normalized spacial score (nSPS) is 18.2. The first-order chi connectivity index (χ1) is 12.0. The zero-order chi connectivity index (χ0) is 17.8. The third kappa shape index (κ3) is 4.20. The molecule has 25 heavy (non-hydrogen) atoms. The second-order valence-electron chi connectivity index (χ2n) is 6.44. The number of nitrogens with zero attached hydrogens (tertiary/aromatic N) is 1. The maximum atomic E-state index is 12.5. The molecular weight excluding hydrogens is 336 g/mol. The molecule has 0 unspecified atom stereocenters. The first-order valence-electron chi connectivity index (χ1n) is 8.43. The third-order valence-electron chi connectivity index (χ3n) is 4.57. The Morgan fingerprint density at radius 2 is 2.00 bits per heavy atom. The molecule has 5 heteroatoms. The van der Waals surface area contributed by atoms with Crippen molar-refractivity contribution in [2.45, 2.75) is 19.3 Å². The highest BCUT2D eigenvalue weighted by Gasteiger charge is 2.35. The van der Waals surface area contributed by atoms with Gasteiger partial charge in [0.25, 0.3) is 0 Å². The summed E-state index contributed by atoms with van der Waals surface area (Å²) in [4.78, 5) is 26.4. The number of halogens is 1. The van der Waals surface area contributed by atoms with Crippen molar-refractivity contribution in [2.24, 2.45) is 5.92 Å². The number of benzene rings is 2. The average Bonchev–Trinajstić information content (AvgIpc) is 3.02. The van der Waals surface area contributed by atoms with Gasteiger partial charge in [0, 0.05) is 30.2 Å². The van der Waals surface area contributed by atoms with Gasteiger partial charge >= 0.3 is 0 Å². The number of carbonyl (C=O) groups excluding carboxylic acids is 2. The molecule has 0 radical (unpaired) electrons. The van der Waals surface area contributed by atoms with Gasteiger partial charge in [0.2, 0.25) is 11.8 Å². The lowest BCUT2D eigenvalue weighted by Crippen LogP contribution is -2.35. The largest absolute Gasteiger partial charge is 0.355 e. The van der Waals surface area contributed by atoms with Crippen LogP contribution < -0.4 is 10.2 Å². The van der Waals surface area contributed by atoms with Crippen molar-refractivity contribution < 1.29 is 9.59 Å². The van der Waals surface area contributed by atoms with Crippen molar-refractivity contribution in [3.63, 3.8) is 0 Å². The lowest BCUT2D eigenvalue weighted by Gasteiger charge is -2.18. The highest BCUT2D eigenvalue weighted by Crippen LogP contribution is 2.27. The molecule has 0 aliphatic carbocycles. The third-order valence-corrected chi connectivity index (χ3v) is 4.80. The monoisotopic (exact) mass is 356 g/mol. The van der Waals surface area contributed by atoms with E-state index in [0.717, 1.165) is 5.69 Å². The fourth-order valence-corrected chi connectivity index (χ4v) is 3.26. The lowest BCUT2D eigenvalue weighted by atomic mass is 10.0. The Morgan fingerprint density at radius 3 is 2.72 bits per heavy atom. The Kier molecular flexibility index (Phi) is 5.39. The molecule has 2 amide bonds. The minimum atomic E-state index is -0.325. The van der Waals surface area contributed by atoms with Gasteiger partial charge in [-0.05, 0) is 29.7 Å². The predicted octanol–water partition coefficient (Wildman–Crippen LogP) is 3.61. The van der Waals surface area contributed by atoms with Crippen LogP contribution in [0.1, 0.15) is 24.8 Å². The second kappa shape index (κ2) is 7.70. The van der Waals surface area contributed by atoms with Gasteiger partial charge in [-0.15, -0.1) is 0 Å². The van der Waals surface area contributed by atoms with Gasteiger partial charge in [-0.3, -0.25) is 9.59 Å². The Balaban J connectivity index is 1.57. The molecule has 0 spiro atoms. The van der Waals surface area contributed by atoms with Crippen molar-refractivity contribution in [1.82, 2.24) is 5.32 Å². The first-order valence-corrected chi connectivity index (χ1v) is 8.81. The number of amides is 2. The van der Waals surface area contributed by atoms with Gasteiger partial charge in [-0.1, -0.05) is 54.9 Å². The van der Waals surface area contributed by atoms with E-state index in [1.165, 1.54) is 5.56 Å². The molecule has 2 aromatic rings. The van der Waals surface area contributed by atoms with E-state index in [2.05, 4.69) is 24.4 Å². The van der Waals surface area contributed by atoms with E-state index in [0.29, 0.717) is 18.1 Å². The van der Waals surface area contributed by atoms with Gasteiger partial charge < -0.3 is 10.2 Å². The highest BCUT2D eigenvalue weighted by atomic mass is 35.5. The fraction of sp³-hybridized carbons (Fsp3) is 0.300. The minimum absolute atomic E-state index is 0.0430. The molecule has 130 valence electrons. The van der Waals surface area contributed by atoms with Crippen molar-refractivity contribution in [3.05, 3.63) is 65.2 Å². The smallest absolute Gasteiger partial charge is 0.227 e. The van der Waals surface area contributed by atoms with Gasteiger partial charge in [0.15, 0.2) is 0 Å². The molecule has 2 aromatic carbocycles. The summed E-state index contributed by atoms with van der Waals surface area (Å²) in [5.74, 6) is -0.208. The van der Waals surface area contributed by atoms with Gasteiger partial charge in [-0.2, -0.15) is 0 Å². The Labute approximate surface area is 152 Å². The molecule has 0 saturated carbocycles. The van der Waals surface area contributed by atoms with Crippen LogP contribution in [0.2, 0.25) is 5.02 Å². The molecule has 0 aromatic heterocycles. The number of rotatable bonds is 5. The van der Waals surface area contributed by atoms with Crippen LogP contribution in [0.3, 0.4) is 0 Å². The number of hydrogen-bond donors (Lipinski definition) is 1. The van der Waals surface area contributed by atoms with Crippen LogP contribution in [0.15, 0.2) is 54.6 Å². The first kappa shape index (κ1) is 17.5. The van der Waals surface area contributed by atoms with Gasteiger partial charge in [-0.25, -0.2) is 0 Å². The topological polar surface area (TPSA) is 49.4 Å². The Bertz CT molecular complexity index is 763. The number of anilines is 1. The van der Waals surface area contributed by atoms with Crippen molar-refractivity contribution >= 4 is 29.1 Å². The molecule has 1 saturated heterocycles. The lowest BCUT2D eigenvalue weighted by molar-refractivity contribution is -0.126. The summed E-state index contributed by atoms with van der Waals surface area (Å²) in [5.41, 5.74) is 1.93. The molecule has 2 atom stereocenters. The molecule has 1 aliphatic rings. The van der Waals surface area contributed by atoms with E-state index in [-0.39, 0.29) is 30.1 Å². The number of hydrogen-bond acceptors (Lipinski definition) is 2. The van der Waals surface area contributed by atoms with Gasteiger partial charge in [0.1, 0.15) is 0 Å². The van der Waals surface area contributed by atoms with E-state index >= 15 is 0 Å². The molecule has 0 bridgehead atoms. The summed E-state index contributed by atoms with van der Waals surface area (Å²) in [7, 11) is 0. The summed E-state index contributed by atoms with van der Waals surface area (Å²) in [5, 5.41) is 3.56.